The van der Waals surface area contributed by atoms with Crippen molar-refractivity contribution >= 4 is 15.9 Å². The molecule has 2 aliphatic rings. The molecule has 0 spiro atoms. The van der Waals surface area contributed by atoms with E-state index in [1.54, 1.807) is 12.1 Å². The summed E-state index contributed by atoms with van der Waals surface area (Å²) in [6.07, 6.45) is -3.86. The van der Waals surface area contributed by atoms with Crippen molar-refractivity contribution < 1.29 is 30.8 Å². The zero-order valence-electron chi connectivity index (χ0n) is 19.1. The summed E-state index contributed by atoms with van der Waals surface area (Å²) in [6, 6.07) is 8.44. The van der Waals surface area contributed by atoms with E-state index in [2.05, 4.69) is 10.6 Å². The number of sulfonamides is 1. The van der Waals surface area contributed by atoms with Crippen molar-refractivity contribution in [3.8, 4) is 6.07 Å². The van der Waals surface area contributed by atoms with E-state index in [1.165, 1.54) is 0 Å². The Bertz CT molecular complexity index is 1270. The van der Waals surface area contributed by atoms with Crippen LogP contribution >= 0.6 is 0 Å². The number of nitrogens with zero attached hydrogens (tertiary/aromatic N) is 2. The lowest BCUT2D eigenvalue weighted by atomic mass is 10.0. The van der Waals surface area contributed by atoms with Crippen LogP contribution in [0.2, 0.25) is 0 Å². The molecular weight excluding hydrogens is 500 g/mol. The molecule has 1 aliphatic heterocycles. The van der Waals surface area contributed by atoms with Crippen LogP contribution in [-0.4, -0.2) is 48.7 Å². The van der Waals surface area contributed by atoms with E-state index in [9.17, 15) is 36.0 Å². The second-order valence-electron chi connectivity index (χ2n) is 9.06. The van der Waals surface area contributed by atoms with Crippen molar-refractivity contribution in [1.82, 2.24) is 14.9 Å². The number of amides is 1. The van der Waals surface area contributed by atoms with Crippen molar-refractivity contribution in [2.45, 2.75) is 49.6 Å². The molecule has 2 N–H and O–H groups in total. The molecule has 36 heavy (non-hydrogen) atoms. The van der Waals surface area contributed by atoms with Gasteiger partial charge in [0.05, 0.1) is 11.8 Å². The molecule has 0 saturated heterocycles. The Morgan fingerprint density at radius 1 is 1.11 bits per heavy atom. The van der Waals surface area contributed by atoms with E-state index < -0.39 is 51.3 Å². The molecule has 2 atom stereocenters. The van der Waals surface area contributed by atoms with Gasteiger partial charge in [0.15, 0.2) is 0 Å². The minimum absolute atomic E-state index is 0.0373. The van der Waals surface area contributed by atoms with Crippen molar-refractivity contribution in [2.24, 2.45) is 0 Å². The Kier molecular flexibility index (Phi) is 7.10. The molecule has 1 heterocycles. The van der Waals surface area contributed by atoms with Gasteiger partial charge in [-0.25, -0.2) is 12.8 Å². The van der Waals surface area contributed by atoms with E-state index in [0.29, 0.717) is 19.3 Å². The Morgan fingerprint density at radius 3 is 2.33 bits per heavy atom. The third kappa shape index (κ3) is 5.86. The normalized spacial score (nSPS) is 19.0. The number of nitriles is 1. The molecule has 4 rings (SSSR count). The molecule has 0 bridgehead atoms. The molecule has 0 radical (unpaired) electrons. The van der Waals surface area contributed by atoms with Crippen LogP contribution < -0.4 is 10.6 Å². The molecule has 1 unspecified atom stereocenters. The van der Waals surface area contributed by atoms with Crippen LogP contribution in [0.4, 0.5) is 17.6 Å². The third-order valence-corrected chi connectivity index (χ3v) is 8.26. The monoisotopic (exact) mass is 524 g/mol. The summed E-state index contributed by atoms with van der Waals surface area (Å²) < 4.78 is 83.0. The number of alkyl halides is 3. The van der Waals surface area contributed by atoms with Crippen molar-refractivity contribution in [2.75, 3.05) is 12.3 Å². The van der Waals surface area contributed by atoms with Crippen LogP contribution in [0.15, 0.2) is 48.5 Å². The first-order chi connectivity index (χ1) is 16.9. The Labute approximate surface area is 206 Å². The highest BCUT2D eigenvalue weighted by Gasteiger charge is 2.48. The summed E-state index contributed by atoms with van der Waals surface area (Å²) in [5.74, 6) is -2.71. The summed E-state index contributed by atoms with van der Waals surface area (Å²) in [5, 5.41) is 13.9. The van der Waals surface area contributed by atoms with Crippen LogP contribution in [0, 0.1) is 17.1 Å². The average molecular weight is 525 g/mol. The molecule has 12 heteroatoms. The topological polar surface area (TPSA) is 102 Å². The van der Waals surface area contributed by atoms with Gasteiger partial charge in [0.2, 0.25) is 15.9 Å². The summed E-state index contributed by atoms with van der Waals surface area (Å²) >= 11 is 0. The van der Waals surface area contributed by atoms with Gasteiger partial charge in [-0.3, -0.25) is 10.1 Å². The van der Waals surface area contributed by atoms with Crippen LogP contribution in [0.1, 0.15) is 35.6 Å². The largest absolute Gasteiger partial charge is 0.407 e. The molecular formula is C24H24F4N4O3S. The molecule has 0 aromatic heterocycles. The maximum atomic E-state index is 14.0. The minimum Gasteiger partial charge on any atom is -0.336 e. The number of nitrogens with one attached hydrogen (secondary N) is 2. The van der Waals surface area contributed by atoms with E-state index in [0.717, 1.165) is 39.7 Å². The second-order valence-corrected chi connectivity index (χ2v) is 11.1. The molecule has 2 aromatic carbocycles. The molecule has 192 valence electrons. The van der Waals surface area contributed by atoms with Gasteiger partial charge < -0.3 is 5.32 Å². The zero-order chi connectivity index (χ0) is 26.1. The number of benzene rings is 2. The molecule has 1 saturated carbocycles. The lowest BCUT2D eigenvalue weighted by molar-refractivity contribution is -0.160. The molecule has 1 amide bonds. The van der Waals surface area contributed by atoms with Crippen molar-refractivity contribution in [3.63, 3.8) is 0 Å². The summed E-state index contributed by atoms with van der Waals surface area (Å²) in [6.45, 7) is 0.159. The van der Waals surface area contributed by atoms with Gasteiger partial charge in [0.25, 0.3) is 0 Å². The maximum absolute atomic E-state index is 14.0. The van der Waals surface area contributed by atoms with E-state index in [-0.39, 0.29) is 18.7 Å². The molecule has 7 nitrogen and oxygen atoms in total. The minimum atomic E-state index is -4.92. The van der Waals surface area contributed by atoms with Gasteiger partial charge in [-0.15, -0.1) is 0 Å². The smallest absolute Gasteiger partial charge is 0.336 e. The van der Waals surface area contributed by atoms with E-state index in [1.807, 2.05) is 18.2 Å². The third-order valence-electron chi connectivity index (χ3n) is 6.41. The molecule has 1 fully saturated rings. The number of hydrogen-bond acceptors (Lipinski definition) is 5. The number of fused-ring (bicyclic) bond motifs is 1. The standard InChI is InChI=1S/C24H24F4N4O3S/c25-19-7-5-17(6-8-19)21(24(26,27)28)30-20(22(33)31-23(15-29)10-11-23)14-36(34,35)32-12-9-16-3-1-2-4-18(16)13-32/h1-8,20-21,30H,9-14H2,(H,31,33)/t20?,21-/m1/s1. The highest BCUT2D eigenvalue weighted by molar-refractivity contribution is 7.89. The quantitative estimate of drug-likeness (QED) is 0.517. The summed E-state index contributed by atoms with van der Waals surface area (Å²) in [7, 11) is -4.19. The van der Waals surface area contributed by atoms with E-state index in [4.69, 9.17) is 0 Å². The first-order valence-corrected chi connectivity index (χ1v) is 12.9. The Balaban J connectivity index is 1.61. The number of carbonyl (C=O) groups is 1. The first-order valence-electron chi connectivity index (χ1n) is 11.3. The Morgan fingerprint density at radius 2 is 1.75 bits per heavy atom. The fraction of sp³-hybridized carbons (Fsp3) is 0.417. The van der Waals surface area contributed by atoms with E-state index >= 15 is 0 Å². The summed E-state index contributed by atoms with van der Waals surface area (Å²) in [4.78, 5) is 13.0. The predicted octanol–water partition coefficient (Wildman–Crippen LogP) is 2.95. The SMILES string of the molecule is N#CC1(NC(=O)C(CS(=O)(=O)N2CCc3ccccc3C2)N[C@H](c2ccc(F)cc2)C(F)(F)F)CC1. The number of halogens is 4. The van der Waals surface area contributed by atoms with Crippen LogP contribution in [-0.2, 0) is 27.8 Å². The van der Waals surface area contributed by atoms with Crippen molar-refractivity contribution in [3.05, 3.63) is 71.0 Å². The van der Waals surface area contributed by atoms with Crippen molar-refractivity contribution in [1.29, 1.82) is 5.26 Å². The highest BCUT2D eigenvalue weighted by atomic mass is 32.2. The fourth-order valence-electron chi connectivity index (χ4n) is 4.17. The zero-order valence-corrected chi connectivity index (χ0v) is 19.9. The molecule has 2 aromatic rings. The lowest BCUT2D eigenvalue weighted by Gasteiger charge is -2.31. The van der Waals surface area contributed by atoms with Gasteiger partial charge in [-0.1, -0.05) is 36.4 Å². The fourth-order valence-corrected chi connectivity index (χ4v) is 5.76. The average Bonchev–Trinajstić information content (AvgIpc) is 3.61. The highest BCUT2D eigenvalue weighted by Crippen LogP contribution is 2.36. The van der Waals surface area contributed by atoms with Crippen LogP contribution in [0.3, 0.4) is 0 Å². The number of rotatable bonds is 8. The molecule has 1 aliphatic carbocycles. The maximum Gasteiger partial charge on any atom is 0.407 e. The van der Waals surface area contributed by atoms with Crippen LogP contribution in [0.5, 0.6) is 0 Å². The van der Waals surface area contributed by atoms with Gasteiger partial charge in [-0.2, -0.15) is 22.7 Å². The lowest BCUT2D eigenvalue weighted by Crippen LogP contribution is -2.55. The van der Waals surface area contributed by atoms with Gasteiger partial charge in [-0.05, 0) is 48.1 Å². The predicted molar refractivity (Wildman–Crippen MR) is 122 cm³/mol. The van der Waals surface area contributed by atoms with Gasteiger partial charge >= 0.3 is 6.18 Å². The summed E-state index contributed by atoms with van der Waals surface area (Å²) in [5.41, 5.74) is 0.165. The Hall–Kier alpha value is -3.01. The number of hydrogen-bond donors (Lipinski definition) is 2. The van der Waals surface area contributed by atoms with Gasteiger partial charge in [0.1, 0.15) is 23.4 Å². The van der Waals surface area contributed by atoms with Gasteiger partial charge in [0, 0.05) is 13.1 Å². The second kappa shape index (κ2) is 9.80. The number of carbonyl (C=O) groups excluding carboxylic acids is 1. The first kappa shape index (κ1) is 26.1. The van der Waals surface area contributed by atoms with Crippen LogP contribution in [0.25, 0.3) is 0 Å².